The van der Waals surface area contributed by atoms with Crippen molar-refractivity contribution in [2.75, 3.05) is 0 Å². The Morgan fingerprint density at radius 1 is 1.86 bits per heavy atom. The van der Waals surface area contributed by atoms with E-state index in [1.165, 1.54) is 0 Å². The summed E-state index contributed by atoms with van der Waals surface area (Å²) in [7, 11) is 0. The normalized spacial score (nSPS) is 9.14. The molecular formula is C3H6N2O2. The summed E-state index contributed by atoms with van der Waals surface area (Å²) in [5.41, 5.74) is 4.57. The van der Waals surface area contributed by atoms with Crippen LogP contribution in [0, 0.1) is 0 Å². The van der Waals surface area contributed by atoms with Crippen LogP contribution in [0.5, 0.6) is 0 Å². The van der Waals surface area contributed by atoms with Crippen molar-refractivity contribution in [1.29, 1.82) is 0 Å². The summed E-state index contributed by atoms with van der Waals surface area (Å²) in [6.45, 7) is 0. The van der Waals surface area contributed by atoms with Crippen molar-refractivity contribution >= 4 is 6.03 Å². The van der Waals surface area contributed by atoms with E-state index in [1.54, 1.807) is 0 Å². The number of nitrogens with two attached hydrogens (primary N) is 1. The number of amides is 2. The highest BCUT2D eigenvalue weighted by Crippen LogP contribution is 1.56. The molecule has 0 aliphatic rings. The van der Waals surface area contributed by atoms with Gasteiger partial charge in [0, 0.05) is 6.20 Å². The average molecular weight is 102 g/mol. The van der Waals surface area contributed by atoms with Crippen molar-refractivity contribution in [2.24, 2.45) is 5.73 Å². The highest BCUT2D eigenvalue weighted by atomic mass is 16.2. The smallest absolute Gasteiger partial charge is 0.316 e. The SMILES string of the molecule is NC(=O)NC=CO. The van der Waals surface area contributed by atoms with Gasteiger partial charge in [-0.1, -0.05) is 0 Å². The van der Waals surface area contributed by atoms with Gasteiger partial charge in [0.25, 0.3) is 0 Å². The monoisotopic (exact) mass is 102 g/mol. The van der Waals surface area contributed by atoms with E-state index in [9.17, 15) is 4.79 Å². The predicted octanol–water partition coefficient (Wildman–Crippen LogP) is -0.316. The van der Waals surface area contributed by atoms with Crippen LogP contribution >= 0.6 is 0 Å². The first-order valence-corrected chi connectivity index (χ1v) is 1.62. The van der Waals surface area contributed by atoms with E-state index >= 15 is 0 Å². The Balaban J connectivity index is 3.14. The van der Waals surface area contributed by atoms with Gasteiger partial charge in [-0.05, 0) is 0 Å². The predicted molar refractivity (Wildman–Crippen MR) is 24.5 cm³/mol. The van der Waals surface area contributed by atoms with Crippen LogP contribution in [0.3, 0.4) is 0 Å². The maximum atomic E-state index is 9.71. The molecule has 4 N–H and O–H groups in total. The second-order valence-corrected chi connectivity index (χ2v) is 0.824. The van der Waals surface area contributed by atoms with Crippen LogP contribution in [0.4, 0.5) is 4.79 Å². The topological polar surface area (TPSA) is 75.4 Å². The molecule has 2 amide bonds. The molecule has 0 aliphatic heterocycles. The molecule has 0 aromatic heterocycles. The van der Waals surface area contributed by atoms with Crippen LogP contribution < -0.4 is 11.1 Å². The van der Waals surface area contributed by atoms with Crippen LogP contribution in [-0.2, 0) is 0 Å². The molecule has 0 rings (SSSR count). The van der Waals surface area contributed by atoms with E-state index in [0.29, 0.717) is 6.26 Å². The van der Waals surface area contributed by atoms with Crippen molar-refractivity contribution in [3.63, 3.8) is 0 Å². The van der Waals surface area contributed by atoms with Gasteiger partial charge >= 0.3 is 6.03 Å². The number of rotatable bonds is 1. The minimum atomic E-state index is -0.690. The minimum Gasteiger partial charge on any atom is -0.514 e. The molecule has 0 radical (unpaired) electrons. The zero-order chi connectivity index (χ0) is 5.70. The lowest BCUT2D eigenvalue weighted by Gasteiger charge is -1.84. The Labute approximate surface area is 40.6 Å². The first-order chi connectivity index (χ1) is 3.27. The van der Waals surface area contributed by atoms with Crippen molar-refractivity contribution in [3.05, 3.63) is 12.5 Å². The summed E-state index contributed by atoms with van der Waals surface area (Å²) in [6.07, 6.45) is 1.72. The molecule has 0 fully saturated rings. The summed E-state index contributed by atoms with van der Waals surface area (Å²) < 4.78 is 0. The lowest BCUT2D eigenvalue weighted by molar-refractivity contribution is 0.251. The van der Waals surface area contributed by atoms with E-state index in [4.69, 9.17) is 5.11 Å². The van der Waals surface area contributed by atoms with E-state index in [1.807, 2.05) is 5.32 Å². The summed E-state index contributed by atoms with van der Waals surface area (Å²) in [5.74, 6) is 0. The van der Waals surface area contributed by atoms with Crippen LogP contribution in [-0.4, -0.2) is 11.1 Å². The van der Waals surface area contributed by atoms with Crippen molar-refractivity contribution in [3.8, 4) is 0 Å². The van der Waals surface area contributed by atoms with Crippen LogP contribution in [0.1, 0.15) is 0 Å². The Bertz CT molecular complexity index is 88.9. The van der Waals surface area contributed by atoms with Gasteiger partial charge in [0.2, 0.25) is 0 Å². The second kappa shape index (κ2) is 3.02. The summed E-state index contributed by atoms with van der Waals surface area (Å²) in [5, 5.41) is 9.87. The van der Waals surface area contributed by atoms with Gasteiger partial charge in [0.05, 0.1) is 6.26 Å². The molecule has 0 unspecified atom stereocenters. The molecule has 0 atom stereocenters. The molecular weight excluding hydrogens is 96.0 g/mol. The maximum absolute atomic E-state index is 9.71. The number of aliphatic hydroxyl groups excluding tert-OH is 1. The molecule has 0 saturated heterocycles. The third-order valence-corrected chi connectivity index (χ3v) is 0.300. The molecule has 0 bridgehead atoms. The third kappa shape index (κ3) is 4.81. The molecule has 4 nitrogen and oxygen atoms in total. The van der Waals surface area contributed by atoms with Gasteiger partial charge in [0.1, 0.15) is 0 Å². The lowest BCUT2D eigenvalue weighted by Crippen LogP contribution is -2.23. The van der Waals surface area contributed by atoms with E-state index in [0.717, 1.165) is 6.20 Å². The van der Waals surface area contributed by atoms with E-state index in [2.05, 4.69) is 5.73 Å². The number of primary amides is 1. The first-order valence-electron chi connectivity index (χ1n) is 1.62. The standard InChI is InChI=1S/C3H6N2O2/c4-3(7)5-1-2-6/h1-2,6H,(H3,4,5,7). The fraction of sp³-hybridized carbons (Fsp3) is 0. The molecule has 0 heterocycles. The zero-order valence-electron chi connectivity index (χ0n) is 3.59. The number of hydrogen-bond donors (Lipinski definition) is 3. The Kier molecular flexibility index (Phi) is 2.50. The fourth-order valence-electron chi connectivity index (χ4n) is 0.119. The van der Waals surface area contributed by atoms with Gasteiger partial charge in [-0.25, -0.2) is 4.79 Å². The quantitative estimate of drug-likeness (QED) is 0.397. The third-order valence-electron chi connectivity index (χ3n) is 0.300. The molecule has 0 saturated carbocycles. The van der Waals surface area contributed by atoms with Crippen molar-refractivity contribution in [1.82, 2.24) is 5.32 Å². The highest BCUT2D eigenvalue weighted by molar-refractivity contribution is 5.72. The van der Waals surface area contributed by atoms with Gasteiger partial charge in [-0.2, -0.15) is 0 Å². The number of urea groups is 1. The summed E-state index contributed by atoms with van der Waals surface area (Å²) >= 11 is 0. The molecule has 0 aromatic carbocycles. The first kappa shape index (κ1) is 5.81. The Morgan fingerprint density at radius 3 is 2.57 bits per heavy atom. The number of carbonyl (C=O) groups excluding carboxylic acids is 1. The van der Waals surface area contributed by atoms with Gasteiger partial charge in [0.15, 0.2) is 0 Å². The molecule has 7 heavy (non-hydrogen) atoms. The lowest BCUT2D eigenvalue weighted by atomic mass is 10.9. The van der Waals surface area contributed by atoms with E-state index < -0.39 is 6.03 Å². The zero-order valence-corrected chi connectivity index (χ0v) is 3.59. The van der Waals surface area contributed by atoms with Gasteiger partial charge in [-0.15, -0.1) is 0 Å². The summed E-state index contributed by atoms with van der Waals surface area (Å²) in [4.78, 5) is 9.71. The average Bonchev–Trinajstić information content (AvgIpc) is 1.61. The maximum Gasteiger partial charge on any atom is 0.316 e. The Morgan fingerprint density at radius 2 is 2.43 bits per heavy atom. The molecule has 0 aliphatic carbocycles. The molecule has 4 heteroatoms. The highest BCUT2D eigenvalue weighted by Gasteiger charge is 1.78. The van der Waals surface area contributed by atoms with Crippen LogP contribution in [0.2, 0.25) is 0 Å². The number of aliphatic hydroxyl groups is 1. The number of carbonyl (C=O) groups is 1. The molecule has 40 valence electrons. The number of nitrogens with one attached hydrogen (secondary N) is 1. The van der Waals surface area contributed by atoms with Gasteiger partial charge < -0.3 is 16.2 Å². The van der Waals surface area contributed by atoms with Gasteiger partial charge in [-0.3, -0.25) is 0 Å². The minimum absolute atomic E-state index is 0.685. The largest absolute Gasteiger partial charge is 0.514 e. The van der Waals surface area contributed by atoms with E-state index in [-0.39, 0.29) is 0 Å². The summed E-state index contributed by atoms with van der Waals surface area (Å²) in [6, 6.07) is -0.690. The fourth-order valence-corrected chi connectivity index (χ4v) is 0.119. The van der Waals surface area contributed by atoms with Crippen molar-refractivity contribution in [2.45, 2.75) is 0 Å². The van der Waals surface area contributed by atoms with Crippen LogP contribution in [0.15, 0.2) is 12.5 Å². The van der Waals surface area contributed by atoms with Crippen molar-refractivity contribution < 1.29 is 9.90 Å². The van der Waals surface area contributed by atoms with Crippen LogP contribution in [0.25, 0.3) is 0 Å². The molecule has 0 aromatic rings. The Hall–Kier alpha value is -1.19. The second-order valence-electron chi connectivity index (χ2n) is 0.824. The number of hydrogen-bond acceptors (Lipinski definition) is 2. The molecule has 0 spiro atoms.